The predicted molar refractivity (Wildman–Crippen MR) is 97.7 cm³/mol. The molecule has 26 heavy (non-hydrogen) atoms. The predicted octanol–water partition coefficient (Wildman–Crippen LogP) is 2.74. The van der Waals surface area contributed by atoms with Crippen molar-refractivity contribution >= 4 is 5.91 Å². The first-order valence-corrected chi connectivity index (χ1v) is 8.92. The number of imidazole rings is 1. The molecule has 6 nitrogen and oxygen atoms in total. The number of carbonyl (C=O) groups is 1. The number of aromatic nitrogens is 4. The summed E-state index contributed by atoms with van der Waals surface area (Å²) in [6.45, 7) is 2.19. The SMILES string of the molecule is O=C(c1ccccn1)N1CCC(c2nccn2Cc2ccccn2)CC1. The maximum absolute atomic E-state index is 12.5. The molecule has 0 atom stereocenters. The topological polar surface area (TPSA) is 63.9 Å². The number of pyridine rings is 2. The van der Waals surface area contributed by atoms with Crippen LogP contribution in [0.5, 0.6) is 0 Å². The molecule has 1 amide bonds. The first-order chi connectivity index (χ1) is 12.8. The molecule has 6 heteroatoms. The summed E-state index contributed by atoms with van der Waals surface area (Å²) in [6, 6.07) is 11.4. The van der Waals surface area contributed by atoms with E-state index >= 15 is 0 Å². The molecule has 0 unspecified atom stereocenters. The van der Waals surface area contributed by atoms with Gasteiger partial charge < -0.3 is 9.47 Å². The number of amides is 1. The van der Waals surface area contributed by atoms with Gasteiger partial charge in [-0.2, -0.15) is 0 Å². The molecule has 0 radical (unpaired) electrons. The molecule has 0 saturated carbocycles. The van der Waals surface area contributed by atoms with Crippen molar-refractivity contribution in [3.05, 3.63) is 78.4 Å². The van der Waals surface area contributed by atoms with Crippen LogP contribution in [0.25, 0.3) is 0 Å². The molecule has 0 bridgehead atoms. The van der Waals surface area contributed by atoms with Crippen LogP contribution >= 0.6 is 0 Å². The van der Waals surface area contributed by atoms with Gasteiger partial charge in [-0.15, -0.1) is 0 Å². The van der Waals surface area contributed by atoms with Gasteiger partial charge in [-0.05, 0) is 37.1 Å². The third kappa shape index (κ3) is 3.49. The summed E-state index contributed by atoms with van der Waals surface area (Å²) in [7, 11) is 0. The molecule has 0 aliphatic carbocycles. The molecular formula is C20H21N5O. The molecule has 1 aliphatic heterocycles. The molecule has 4 heterocycles. The van der Waals surface area contributed by atoms with E-state index in [9.17, 15) is 4.79 Å². The third-order valence-corrected chi connectivity index (χ3v) is 4.84. The monoisotopic (exact) mass is 347 g/mol. The summed E-state index contributed by atoms with van der Waals surface area (Å²) in [4.78, 5) is 27.6. The van der Waals surface area contributed by atoms with E-state index in [4.69, 9.17) is 0 Å². The quantitative estimate of drug-likeness (QED) is 0.728. The average molecular weight is 347 g/mol. The van der Waals surface area contributed by atoms with E-state index in [2.05, 4.69) is 19.5 Å². The Morgan fingerprint density at radius 1 is 0.962 bits per heavy atom. The maximum atomic E-state index is 12.5. The Balaban J connectivity index is 1.41. The molecule has 3 aromatic rings. The summed E-state index contributed by atoms with van der Waals surface area (Å²) in [5, 5.41) is 0. The van der Waals surface area contributed by atoms with Crippen molar-refractivity contribution < 1.29 is 4.79 Å². The van der Waals surface area contributed by atoms with Gasteiger partial charge in [0.1, 0.15) is 11.5 Å². The van der Waals surface area contributed by atoms with E-state index in [-0.39, 0.29) is 5.91 Å². The van der Waals surface area contributed by atoms with Gasteiger partial charge in [0, 0.05) is 43.8 Å². The maximum Gasteiger partial charge on any atom is 0.272 e. The number of nitrogens with zero attached hydrogens (tertiary/aromatic N) is 5. The lowest BCUT2D eigenvalue weighted by molar-refractivity contribution is 0.0704. The average Bonchev–Trinajstić information content (AvgIpc) is 3.17. The van der Waals surface area contributed by atoms with Crippen LogP contribution in [0.15, 0.2) is 61.2 Å². The molecule has 3 aromatic heterocycles. The van der Waals surface area contributed by atoms with Crippen LogP contribution in [-0.2, 0) is 6.54 Å². The van der Waals surface area contributed by atoms with Crippen LogP contribution in [-0.4, -0.2) is 43.4 Å². The Bertz CT molecular complexity index is 854. The Hall–Kier alpha value is -3.02. The molecule has 1 saturated heterocycles. The van der Waals surface area contributed by atoms with Gasteiger partial charge in [0.25, 0.3) is 5.91 Å². The van der Waals surface area contributed by atoms with Crippen LogP contribution in [0.1, 0.15) is 40.8 Å². The fourth-order valence-corrected chi connectivity index (χ4v) is 3.47. The van der Waals surface area contributed by atoms with E-state index in [0.717, 1.165) is 44.0 Å². The van der Waals surface area contributed by atoms with Gasteiger partial charge >= 0.3 is 0 Å². The van der Waals surface area contributed by atoms with Crippen molar-refractivity contribution in [1.82, 2.24) is 24.4 Å². The molecule has 1 aliphatic rings. The molecule has 1 fully saturated rings. The van der Waals surface area contributed by atoms with Gasteiger partial charge in [-0.25, -0.2) is 4.98 Å². The van der Waals surface area contributed by atoms with Crippen molar-refractivity contribution in [2.45, 2.75) is 25.3 Å². The minimum Gasteiger partial charge on any atom is -0.337 e. The smallest absolute Gasteiger partial charge is 0.272 e. The number of rotatable bonds is 4. The number of likely N-dealkylation sites (tertiary alicyclic amines) is 1. The molecule has 0 aromatic carbocycles. The Morgan fingerprint density at radius 2 is 1.73 bits per heavy atom. The fourth-order valence-electron chi connectivity index (χ4n) is 3.47. The van der Waals surface area contributed by atoms with E-state index in [1.807, 2.05) is 53.8 Å². The van der Waals surface area contributed by atoms with Crippen molar-refractivity contribution in [2.24, 2.45) is 0 Å². The van der Waals surface area contributed by atoms with E-state index in [1.165, 1.54) is 0 Å². The lowest BCUT2D eigenvalue weighted by Crippen LogP contribution is -2.38. The van der Waals surface area contributed by atoms with Gasteiger partial charge in [-0.1, -0.05) is 12.1 Å². The van der Waals surface area contributed by atoms with Crippen molar-refractivity contribution in [3.63, 3.8) is 0 Å². The lowest BCUT2D eigenvalue weighted by Gasteiger charge is -2.31. The Kier molecular flexibility index (Phi) is 4.73. The summed E-state index contributed by atoms with van der Waals surface area (Å²) in [5.41, 5.74) is 1.54. The summed E-state index contributed by atoms with van der Waals surface area (Å²) >= 11 is 0. The molecule has 4 rings (SSSR count). The highest BCUT2D eigenvalue weighted by Gasteiger charge is 2.27. The highest BCUT2D eigenvalue weighted by molar-refractivity contribution is 5.92. The van der Waals surface area contributed by atoms with Crippen molar-refractivity contribution in [1.29, 1.82) is 0 Å². The minimum atomic E-state index is 0.0147. The molecular weight excluding hydrogens is 326 g/mol. The second-order valence-corrected chi connectivity index (χ2v) is 6.52. The fraction of sp³-hybridized carbons (Fsp3) is 0.300. The van der Waals surface area contributed by atoms with Crippen LogP contribution < -0.4 is 0 Å². The standard InChI is InChI=1S/C20H21N5O/c26-20(18-6-2-4-10-22-18)24-12-7-16(8-13-24)19-23-11-14-25(19)15-17-5-1-3-9-21-17/h1-6,9-11,14,16H,7-8,12-13,15H2. The van der Waals surface area contributed by atoms with Crippen LogP contribution in [0.4, 0.5) is 0 Å². The molecule has 0 spiro atoms. The second-order valence-electron chi connectivity index (χ2n) is 6.52. The van der Waals surface area contributed by atoms with Crippen LogP contribution in [0, 0.1) is 0 Å². The Morgan fingerprint density at radius 3 is 2.42 bits per heavy atom. The number of hydrogen-bond donors (Lipinski definition) is 0. The van der Waals surface area contributed by atoms with Gasteiger partial charge in [0.05, 0.1) is 12.2 Å². The highest BCUT2D eigenvalue weighted by Crippen LogP contribution is 2.27. The second kappa shape index (κ2) is 7.47. The van der Waals surface area contributed by atoms with E-state index in [1.54, 1.807) is 12.3 Å². The Labute approximate surface area is 152 Å². The largest absolute Gasteiger partial charge is 0.337 e. The van der Waals surface area contributed by atoms with E-state index < -0.39 is 0 Å². The lowest BCUT2D eigenvalue weighted by atomic mass is 9.95. The number of carbonyl (C=O) groups excluding carboxylic acids is 1. The molecule has 132 valence electrons. The molecule has 0 N–H and O–H groups in total. The van der Waals surface area contributed by atoms with Crippen LogP contribution in [0.3, 0.4) is 0 Å². The minimum absolute atomic E-state index is 0.0147. The highest BCUT2D eigenvalue weighted by atomic mass is 16.2. The normalized spacial score (nSPS) is 15.2. The number of piperidine rings is 1. The van der Waals surface area contributed by atoms with Gasteiger partial charge in [0.2, 0.25) is 0 Å². The summed E-state index contributed by atoms with van der Waals surface area (Å²) in [6.07, 6.45) is 9.16. The van der Waals surface area contributed by atoms with Gasteiger partial charge in [0.15, 0.2) is 0 Å². The summed E-state index contributed by atoms with van der Waals surface area (Å²) in [5.74, 6) is 1.46. The first kappa shape index (κ1) is 16.4. The van der Waals surface area contributed by atoms with Crippen molar-refractivity contribution in [2.75, 3.05) is 13.1 Å². The third-order valence-electron chi connectivity index (χ3n) is 4.84. The number of hydrogen-bond acceptors (Lipinski definition) is 4. The summed E-state index contributed by atoms with van der Waals surface area (Å²) < 4.78 is 2.17. The van der Waals surface area contributed by atoms with Crippen molar-refractivity contribution in [3.8, 4) is 0 Å². The van der Waals surface area contributed by atoms with Gasteiger partial charge in [-0.3, -0.25) is 14.8 Å². The zero-order chi connectivity index (χ0) is 17.8. The van der Waals surface area contributed by atoms with E-state index in [0.29, 0.717) is 11.6 Å². The zero-order valence-corrected chi connectivity index (χ0v) is 14.5. The van der Waals surface area contributed by atoms with Crippen LogP contribution in [0.2, 0.25) is 0 Å². The zero-order valence-electron chi connectivity index (χ0n) is 14.5. The first-order valence-electron chi connectivity index (χ1n) is 8.92.